The molecule has 0 saturated carbocycles. The van der Waals surface area contributed by atoms with Gasteiger partial charge in [-0.15, -0.1) is 0 Å². The minimum Gasteiger partial charge on any atom is -0.496 e. The van der Waals surface area contributed by atoms with Crippen LogP contribution in [0, 0.1) is 6.92 Å². The maximum atomic E-state index is 5.66. The normalized spacial score (nSPS) is 10.6. The third kappa shape index (κ3) is 2.55. The number of nitrogens with two attached hydrogens (primary N) is 1. The lowest BCUT2D eigenvalue weighted by Crippen LogP contribution is -1.92. The molecule has 0 saturated heterocycles. The van der Waals surface area contributed by atoms with Crippen molar-refractivity contribution in [2.75, 3.05) is 12.8 Å². The molecule has 0 aliphatic carbocycles. The van der Waals surface area contributed by atoms with Crippen molar-refractivity contribution in [3.63, 3.8) is 0 Å². The van der Waals surface area contributed by atoms with Gasteiger partial charge in [0.2, 0.25) is 5.82 Å². The first-order valence-electron chi connectivity index (χ1n) is 6.39. The molecule has 3 rings (SSSR count). The Morgan fingerprint density at radius 2 is 2.00 bits per heavy atom. The van der Waals surface area contributed by atoms with Crippen LogP contribution in [0.2, 0.25) is 0 Å². The highest BCUT2D eigenvalue weighted by molar-refractivity contribution is 5.66. The van der Waals surface area contributed by atoms with Gasteiger partial charge in [-0.2, -0.15) is 4.98 Å². The number of pyridine rings is 1. The predicted molar refractivity (Wildman–Crippen MR) is 78.7 cm³/mol. The number of anilines is 1. The molecule has 3 aromatic rings. The zero-order chi connectivity index (χ0) is 14.8. The summed E-state index contributed by atoms with van der Waals surface area (Å²) in [5.74, 6) is 1.87. The van der Waals surface area contributed by atoms with Crippen LogP contribution in [-0.4, -0.2) is 22.2 Å². The number of hydrogen-bond acceptors (Lipinski definition) is 6. The van der Waals surface area contributed by atoms with Gasteiger partial charge in [0, 0.05) is 0 Å². The molecular weight excluding hydrogens is 268 g/mol. The molecule has 6 heteroatoms. The molecule has 6 nitrogen and oxygen atoms in total. The number of hydrogen-bond donors (Lipinski definition) is 1. The lowest BCUT2D eigenvalue weighted by molar-refractivity contribution is 0.413. The van der Waals surface area contributed by atoms with Gasteiger partial charge < -0.3 is 15.0 Å². The van der Waals surface area contributed by atoms with Crippen LogP contribution in [-0.2, 0) is 0 Å². The van der Waals surface area contributed by atoms with Gasteiger partial charge >= 0.3 is 0 Å². The van der Waals surface area contributed by atoms with E-state index >= 15 is 0 Å². The number of nitrogens with zero attached hydrogens (tertiary/aromatic N) is 3. The van der Waals surface area contributed by atoms with Crippen LogP contribution in [0.25, 0.3) is 23.0 Å². The van der Waals surface area contributed by atoms with Crippen molar-refractivity contribution in [1.29, 1.82) is 0 Å². The Bertz CT molecular complexity index is 783. The molecule has 0 aliphatic rings. The van der Waals surface area contributed by atoms with Crippen molar-refractivity contribution in [2.45, 2.75) is 6.92 Å². The molecule has 2 aromatic heterocycles. The van der Waals surface area contributed by atoms with Crippen molar-refractivity contribution in [1.82, 2.24) is 15.1 Å². The first-order chi connectivity index (χ1) is 10.2. The smallest absolute Gasteiger partial charge is 0.276 e. The molecule has 0 radical (unpaired) electrons. The summed E-state index contributed by atoms with van der Waals surface area (Å²) in [6.07, 6.45) is 0. The number of benzene rings is 1. The quantitative estimate of drug-likeness (QED) is 0.794. The third-order valence-electron chi connectivity index (χ3n) is 3.01. The van der Waals surface area contributed by atoms with Crippen molar-refractivity contribution in [3.05, 3.63) is 42.0 Å². The lowest BCUT2D eigenvalue weighted by Gasteiger charge is -2.05. The Labute approximate surface area is 121 Å². The Hall–Kier alpha value is -2.89. The first kappa shape index (κ1) is 13.1. The van der Waals surface area contributed by atoms with Gasteiger partial charge in [0.05, 0.1) is 12.7 Å². The SMILES string of the molecule is COc1cc(C)ccc1-c1noc(-c2cccc(N)n2)n1. The summed E-state index contributed by atoms with van der Waals surface area (Å²) in [4.78, 5) is 8.51. The molecule has 106 valence electrons. The summed E-state index contributed by atoms with van der Waals surface area (Å²) in [7, 11) is 1.61. The van der Waals surface area contributed by atoms with E-state index in [-0.39, 0.29) is 0 Å². The number of aromatic nitrogens is 3. The Morgan fingerprint density at radius 1 is 1.14 bits per heavy atom. The highest BCUT2D eigenvalue weighted by Gasteiger charge is 2.15. The second-order valence-corrected chi connectivity index (χ2v) is 4.57. The molecule has 21 heavy (non-hydrogen) atoms. The minimum atomic E-state index is 0.319. The van der Waals surface area contributed by atoms with Crippen molar-refractivity contribution in [2.24, 2.45) is 0 Å². The minimum absolute atomic E-state index is 0.319. The lowest BCUT2D eigenvalue weighted by atomic mass is 10.1. The van der Waals surface area contributed by atoms with E-state index in [9.17, 15) is 0 Å². The van der Waals surface area contributed by atoms with Gasteiger partial charge in [0.25, 0.3) is 5.89 Å². The predicted octanol–water partition coefficient (Wildman–Crippen LogP) is 2.70. The van der Waals surface area contributed by atoms with Gasteiger partial charge in [-0.3, -0.25) is 0 Å². The second-order valence-electron chi connectivity index (χ2n) is 4.57. The van der Waals surface area contributed by atoms with E-state index in [0.29, 0.717) is 29.0 Å². The van der Waals surface area contributed by atoms with Crippen molar-refractivity contribution >= 4 is 5.82 Å². The van der Waals surface area contributed by atoms with E-state index < -0.39 is 0 Å². The molecular formula is C15H14N4O2. The fraction of sp³-hybridized carbons (Fsp3) is 0.133. The van der Waals surface area contributed by atoms with Gasteiger partial charge in [0.1, 0.15) is 17.3 Å². The number of methoxy groups -OCH3 is 1. The summed E-state index contributed by atoms with van der Waals surface area (Å²) < 4.78 is 10.6. The van der Waals surface area contributed by atoms with E-state index in [2.05, 4.69) is 15.1 Å². The van der Waals surface area contributed by atoms with E-state index in [1.165, 1.54) is 0 Å². The molecule has 2 heterocycles. The van der Waals surface area contributed by atoms with Crippen LogP contribution < -0.4 is 10.5 Å². The largest absolute Gasteiger partial charge is 0.496 e. The van der Waals surface area contributed by atoms with Crippen molar-refractivity contribution < 1.29 is 9.26 Å². The average molecular weight is 282 g/mol. The molecule has 1 aromatic carbocycles. The molecule has 0 spiro atoms. The van der Waals surface area contributed by atoms with Gasteiger partial charge in [-0.1, -0.05) is 17.3 Å². The average Bonchev–Trinajstić information content (AvgIpc) is 2.96. The summed E-state index contributed by atoms with van der Waals surface area (Å²) in [5, 5.41) is 3.98. The highest BCUT2D eigenvalue weighted by Crippen LogP contribution is 2.30. The van der Waals surface area contributed by atoms with Gasteiger partial charge in [-0.25, -0.2) is 4.98 Å². The molecule has 0 fully saturated rings. The van der Waals surface area contributed by atoms with Crippen LogP contribution in [0.4, 0.5) is 5.82 Å². The van der Waals surface area contributed by atoms with Crippen LogP contribution >= 0.6 is 0 Å². The molecule has 0 atom stereocenters. The molecule has 0 aliphatic heterocycles. The maximum Gasteiger partial charge on any atom is 0.276 e. The molecule has 0 unspecified atom stereocenters. The summed E-state index contributed by atoms with van der Waals surface area (Å²) in [6, 6.07) is 11.0. The van der Waals surface area contributed by atoms with E-state index in [1.54, 1.807) is 25.3 Å². The Balaban J connectivity index is 2.02. The third-order valence-corrected chi connectivity index (χ3v) is 3.01. The number of nitrogen functional groups attached to an aromatic ring is 1. The number of ether oxygens (including phenoxy) is 1. The van der Waals surface area contributed by atoms with E-state index in [0.717, 1.165) is 11.1 Å². The molecule has 0 bridgehead atoms. The Kier molecular flexibility index (Phi) is 3.27. The topological polar surface area (TPSA) is 87.1 Å². The van der Waals surface area contributed by atoms with E-state index in [4.69, 9.17) is 15.0 Å². The first-order valence-corrected chi connectivity index (χ1v) is 6.39. The van der Waals surface area contributed by atoms with E-state index in [1.807, 2.05) is 25.1 Å². The maximum absolute atomic E-state index is 5.66. The second kappa shape index (κ2) is 5.24. The van der Waals surface area contributed by atoms with Crippen LogP contribution in [0.5, 0.6) is 5.75 Å². The standard InChI is InChI=1S/C15H14N4O2/c1-9-6-7-10(12(8-9)20-2)14-18-15(21-19-14)11-4-3-5-13(16)17-11/h3-8H,1-2H3,(H2,16,17). The zero-order valence-electron chi connectivity index (χ0n) is 11.7. The monoisotopic (exact) mass is 282 g/mol. The fourth-order valence-electron chi connectivity index (χ4n) is 1.99. The Morgan fingerprint density at radius 3 is 2.76 bits per heavy atom. The molecule has 2 N–H and O–H groups in total. The van der Waals surface area contributed by atoms with Gasteiger partial charge in [0.15, 0.2) is 0 Å². The van der Waals surface area contributed by atoms with Crippen LogP contribution in [0.1, 0.15) is 5.56 Å². The molecule has 0 amide bonds. The van der Waals surface area contributed by atoms with Gasteiger partial charge in [-0.05, 0) is 36.8 Å². The number of rotatable bonds is 3. The van der Waals surface area contributed by atoms with Crippen molar-refractivity contribution in [3.8, 4) is 28.7 Å². The number of aryl methyl sites for hydroxylation is 1. The highest BCUT2D eigenvalue weighted by atomic mass is 16.5. The van der Waals surface area contributed by atoms with Crippen LogP contribution in [0.15, 0.2) is 40.9 Å². The zero-order valence-corrected chi connectivity index (χ0v) is 11.7. The van der Waals surface area contributed by atoms with Crippen LogP contribution in [0.3, 0.4) is 0 Å². The summed E-state index contributed by atoms with van der Waals surface area (Å²) in [5.41, 5.74) is 8.06. The summed E-state index contributed by atoms with van der Waals surface area (Å²) in [6.45, 7) is 1.99. The fourth-order valence-corrected chi connectivity index (χ4v) is 1.99. The summed E-state index contributed by atoms with van der Waals surface area (Å²) >= 11 is 0.